The van der Waals surface area contributed by atoms with Gasteiger partial charge in [-0.05, 0) is 35.9 Å². The standard InChI is InChI=1S/C21H17FN2O4/c1-3-10-24-20(25)15(13-23)11-14-8-9-18(19(12-14)27-2)28-21(26)16-6-4-5-7-17(16)22/h3-9,11-12H,1,10H2,2H3,(H,24,25). The van der Waals surface area contributed by atoms with Crippen LogP contribution in [0.2, 0.25) is 0 Å². The van der Waals surface area contributed by atoms with Crippen LogP contribution in [0, 0.1) is 17.1 Å². The molecule has 7 heteroatoms. The second kappa shape index (κ2) is 9.69. The van der Waals surface area contributed by atoms with E-state index in [2.05, 4.69) is 11.9 Å². The summed E-state index contributed by atoms with van der Waals surface area (Å²) in [5.74, 6) is -1.86. The second-order valence-corrected chi connectivity index (χ2v) is 5.45. The molecular weight excluding hydrogens is 363 g/mol. The number of rotatable bonds is 7. The molecule has 2 aromatic rings. The van der Waals surface area contributed by atoms with Crippen molar-refractivity contribution in [2.24, 2.45) is 0 Å². The minimum absolute atomic E-state index is 0.0718. The largest absolute Gasteiger partial charge is 0.493 e. The molecular formula is C21H17FN2O4. The Labute approximate surface area is 161 Å². The normalized spacial score (nSPS) is 10.5. The Balaban J connectivity index is 2.26. The van der Waals surface area contributed by atoms with Crippen molar-refractivity contribution < 1.29 is 23.5 Å². The van der Waals surface area contributed by atoms with Crippen molar-refractivity contribution in [3.63, 3.8) is 0 Å². The molecule has 142 valence electrons. The van der Waals surface area contributed by atoms with Crippen LogP contribution in [0.15, 0.2) is 60.7 Å². The molecule has 0 spiro atoms. The van der Waals surface area contributed by atoms with Gasteiger partial charge in [0.1, 0.15) is 17.5 Å². The third-order valence-electron chi connectivity index (χ3n) is 3.57. The molecule has 0 radical (unpaired) electrons. The minimum atomic E-state index is -0.874. The molecule has 2 rings (SSSR count). The number of ether oxygens (including phenoxy) is 2. The van der Waals surface area contributed by atoms with Crippen molar-refractivity contribution in [2.75, 3.05) is 13.7 Å². The lowest BCUT2D eigenvalue weighted by Gasteiger charge is -2.10. The first-order valence-electron chi connectivity index (χ1n) is 8.15. The van der Waals surface area contributed by atoms with Gasteiger partial charge < -0.3 is 14.8 Å². The van der Waals surface area contributed by atoms with E-state index in [4.69, 9.17) is 14.7 Å². The topological polar surface area (TPSA) is 88.4 Å². The molecule has 0 atom stereocenters. The van der Waals surface area contributed by atoms with E-state index in [9.17, 15) is 14.0 Å². The van der Waals surface area contributed by atoms with Gasteiger partial charge in [-0.25, -0.2) is 9.18 Å². The van der Waals surface area contributed by atoms with Gasteiger partial charge in [-0.15, -0.1) is 6.58 Å². The zero-order chi connectivity index (χ0) is 20.5. The Morgan fingerprint density at radius 3 is 2.64 bits per heavy atom. The van der Waals surface area contributed by atoms with Crippen molar-refractivity contribution in [1.82, 2.24) is 5.32 Å². The van der Waals surface area contributed by atoms with Crippen LogP contribution in [-0.2, 0) is 4.79 Å². The van der Waals surface area contributed by atoms with Crippen LogP contribution in [0.3, 0.4) is 0 Å². The van der Waals surface area contributed by atoms with Crippen molar-refractivity contribution in [2.45, 2.75) is 0 Å². The summed E-state index contributed by atoms with van der Waals surface area (Å²) in [4.78, 5) is 24.1. The van der Waals surface area contributed by atoms with Crippen LogP contribution in [0.4, 0.5) is 4.39 Å². The van der Waals surface area contributed by atoms with E-state index >= 15 is 0 Å². The third kappa shape index (κ3) is 5.05. The number of amides is 1. The number of methoxy groups -OCH3 is 1. The maximum atomic E-state index is 13.7. The van der Waals surface area contributed by atoms with E-state index in [0.717, 1.165) is 6.07 Å². The summed E-state index contributed by atoms with van der Waals surface area (Å²) >= 11 is 0. The third-order valence-corrected chi connectivity index (χ3v) is 3.57. The van der Waals surface area contributed by atoms with E-state index in [1.807, 2.05) is 6.07 Å². The Bertz CT molecular complexity index is 977. The van der Waals surface area contributed by atoms with Gasteiger partial charge in [0, 0.05) is 6.54 Å². The molecule has 0 fully saturated rings. The number of nitrogens with zero attached hydrogens (tertiary/aromatic N) is 1. The second-order valence-electron chi connectivity index (χ2n) is 5.45. The number of nitriles is 1. The van der Waals surface area contributed by atoms with Crippen molar-refractivity contribution in [3.05, 3.63) is 77.6 Å². The van der Waals surface area contributed by atoms with Crippen molar-refractivity contribution in [3.8, 4) is 17.6 Å². The Morgan fingerprint density at radius 2 is 2.00 bits per heavy atom. The Hall–Kier alpha value is -3.92. The Kier molecular flexibility index (Phi) is 7.06. The average molecular weight is 380 g/mol. The highest BCUT2D eigenvalue weighted by Gasteiger charge is 2.16. The zero-order valence-electron chi connectivity index (χ0n) is 15.1. The van der Waals surface area contributed by atoms with Crippen LogP contribution in [0.1, 0.15) is 15.9 Å². The predicted molar refractivity (Wildman–Crippen MR) is 101 cm³/mol. The van der Waals surface area contributed by atoms with E-state index in [1.165, 1.54) is 55.7 Å². The monoisotopic (exact) mass is 380 g/mol. The van der Waals surface area contributed by atoms with Gasteiger partial charge >= 0.3 is 5.97 Å². The SMILES string of the molecule is C=CCNC(=O)C(C#N)=Cc1ccc(OC(=O)c2ccccc2F)c(OC)c1. The highest BCUT2D eigenvalue weighted by Crippen LogP contribution is 2.30. The molecule has 0 saturated heterocycles. The maximum absolute atomic E-state index is 13.7. The lowest BCUT2D eigenvalue weighted by molar-refractivity contribution is -0.116. The zero-order valence-corrected chi connectivity index (χ0v) is 15.1. The average Bonchev–Trinajstić information content (AvgIpc) is 2.71. The molecule has 0 heterocycles. The van der Waals surface area contributed by atoms with Gasteiger partial charge in [0.05, 0.1) is 12.7 Å². The number of halogens is 1. The molecule has 0 unspecified atom stereocenters. The first-order valence-corrected chi connectivity index (χ1v) is 8.15. The highest BCUT2D eigenvalue weighted by molar-refractivity contribution is 6.01. The van der Waals surface area contributed by atoms with Crippen LogP contribution in [-0.4, -0.2) is 25.5 Å². The summed E-state index contributed by atoms with van der Waals surface area (Å²) < 4.78 is 24.1. The number of carbonyl (C=O) groups is 2. The van der Waals surface area contributed by atoms with Crippen LogP contribution in [0.25, 0.3) is 6.08 Å². The fourth-order valence-electron chi connectivity index (χ4n) is 2.22. The molecule has 0 aliphatic rings. The lowest BCUT2D eigenvalue weighted by atomic mass is 10.1. The van der Waals surface area contributed by atoms with Crippen molar-refractivity contribution >= 4 is 18.0 Å². The molecule has 0 aliphatic heterocycles. The number of nitrogens with one attached hydrogen (secondary N) is 1. The summed E-state index contributed by atoms with van der Waals surface area (Å²) in [7, 11) is 1.37. The molecule has 28 heavy (non-hydrogen) atoms. The first kappa shape index (κ1) is 20.4. The molecule has 1 amide bonds. The van der Waals surface area contributed by atoms with Gasteiger partial charge in [0.15, 0.2) is 11.5 Å². The Morgan fingerprint density at radius 1 is 1.25 bits per heavy atom. The molecule has 0 aliphatic carbocycles. The number of esters is 1. The van der Waals surface area contributed by atoms with Gasteiger partial charge in [-0.3, -0.25) is 4.79 Å². The summed E-state index contributed by atoms with van der Waals surface area (Å²) in [5.41, 5.74) is 0.159. The smallest absolute Gasteiger partial charge is 0.346 e. The first-order chi connectivity index (χ1) is 13.5. The van der Waals surface area contributed by atoms with Gasteiger partial charge in [-0.1, -0.05) is 24.3 Å². The fourth-order valence-corrected chi connectivity index (χ4v) is 2.22. The van der Waals surface area contributed by atoms with E-state index in [-0.39, 0.29) is 29.2 Å². The molecule has 0 bridgehead atoms. The number of hydrogen-bond acceptors (Lipinski definition) is 5. The van der Waals surface area contributed by atoms with Gasteiger partial charge in [0.2, 0.25) is 0 Å². The van der Waals surface area contributed by atoms with Crippen LogP contribution >= 0.6 is 0 Å². The molecule has 6 nitrogen and oxygen atoms in total. The summed E-state index contributed by atoms with van der Waals surface area (Å²) in [6.45, 7) is 3.71. The van der Waals surface area contributed by atoms with Gasteiger partial charge in [-0.2, -0.15) is 5.26 Å². The number of hydrogen-bond donors (Lipinski definition) is 1. The van der Waals surface area contributed by atoms with Crippen molar-refractivity contribution in [1.29, 1.82) is 5.26 Å². The lowest BCUT2D eigenvalue weighted by Crippen LogP contribution is -2.24. The highest BCUT2D eigenvalue weighted by atomic mass is 19.1. The molecule has 1 N–H and O–H groups in total. The maximum Gasteiger partial charge on any atom is 0.346 e. The molecule has 0 aromatic heterocycles. The number of benzene rings is 2. The summed E-state index contributed by atoms with van der Waals surface area (Å²) in [6.07, 6.45) is 2.86. The van der Waals surface area contributed by atoms with E-state index in [1.54, 1.807) is 0 Å². The van der Waals surface area contributed by atoms with Gasteiger partial charge in [0.25, 0.3) is 5.91 Å². The quantitative estimate of drug-likeness (QED) is 0.262. The summed E-state index contributed by atoms with van der Waals surface area (Å²) in [5, 5.41) is 11.7. The summed E-state index contributed by atoms with van der Waals surface area (Å²) in [6, 6.07) is 11.7. The predicted octanol–water partition coefficient (Wildman–Crippen LogP) is 3.26. The van der Waals surface area contributed by atoms with Crippen LogP contribution < -0.4 is 14.8 Å². The minimum Gasteiger partial charge on any atom is -0.493 e. The van der Waals surface area contributed by atoms with E-state index < -0.39 is 17.7 Å². The van der Waals surface area contributed by atoms with E-state index in [0.29, 0.717) is 5.56 Å². The number of carbonyl (C=O) groups excluding carboxylic acids is 2. The molecule has 0 saturated carbocycles. The molecule has 2 aromatic carbocycles. The van der Waals surface area contributed by atoms with Crippen LogP contribution in [0.5, 0.6) is 11.5 Å². The fraction of sp³-hybridized carbons (Fsp3) is 0.0952.